The second-order valence-corrected chi connectivity index (χ2v) is 4.91. The molecule has 2 aromatic rings. The van der Waals surface area contributed by atoms with Crippen LogP contribution in [0.15, 0.2) is 30.3 Å². The van der Waals surface area contributed by atoms with E-state index in [0.717, 1.165) is 22.5 Å². The third kappa shape index (κ3) is 2.99. The molecule has 1 aromatic heterocycles. The highest BCUT2D eigenvalue weighted by molar-refractivity contribution is 5.35. The summed E-state index contributed by atoms with van der Waals surface area (Å²) in [6.45, 7) is 5.76. The Morgan fingerprint density at radius 3 is 2.16 bits per heavy atom. The fourth-order valence-electron chi connectivity index (χ4n) is 2.41. The summed E-state index contributed by atoms with van der Waals surface area (Å²) in [5.41, 5.74) is 4.87. The van der Waals surface area contributed by atoms with Crippen LogP contribution in [0, 0.1) is 26.6 Å². The predicted molar refractivity (Wildman–Crippen MR) is 75.8 cm³/mol. The largest absolute Gasteiger partial charge is 0.309 e. The van der Waals surface area contributed by atoms with Crippen molar-refractivity contribution in [3.63, 3.8) is 0 Å². The zero-order valence-corrected chi connectivity index (χ0v) is 11.8. The van der Waals surface area contributed by atoms with E-state index in [4.69, 9.17) is 0 Å². The first kappa shape index (κ1) is 13.7. The van der Waals surface area contributed by atoms with Gasteiger partial charge in [0.15, 0.2) is 0 Å². The molecule has 19 heavy (non-hydrogen) atoms. The van der Waals surface area contributed by atoms with Crippen LogP contribution in [0.2, 0.25) is 0 Å². The Hall–Kier alpha value is -1.74. The minimum absolute atomic E-state index is 0.0553. The molecule has 0 fully saturated rings. The Morgan fingerprint density at radius 1 is 1.00 bits per heavy atom. The summed E-state index contributed by atoms with van der Waals surface area (Å²) >= 11 is 0. The van der Waals surface area contributed by atoms with Gasteiger partial charge in [-0.15, -0.1) is 0 Å². The van der Waals surface area contributed by atoms with E-state index in [9.17, 15) is 4.39 Å². The summed E-state index contributed by atoms with van der Waals surface area (Å²) in [7, 11) is 1.91. The first-order valence-corrected chi connectivity index (χ1v) is 6.39. The number of aryl methyl sites for hydroxylation is 3. The number of nitrogens with zero attached hydrogens (tertiary/aromatic N) is 1. The second-order valence-electron chi connectivity index (χ2n) is 4.91. The molecule has 0 aliphatic carbocycles. The molecule has 1 aromatic carbocycles. The van der Waals surface area contributed by atoms with Crippen LogP contribution in [0.5, 0.6) is 0 Å². The van der Waals surface area contributed by atoms with Crippen molar-refractivity contribution in [2.24, 2.45) is 0 Å². The van der Waals surface area contributed by atoms with E-state index in [0.29, 0.717) is 5.56 Å². The van der Waals surface area contributed by atoms with Gasteiger partial charge in [0.25, 0.3) is 0 Å². The number of rotatable bonds is 3. The number of halogens is 1. The van der Waals surface area contributed by atoms with Crippen molar-refractivity contribution in [3.8, 4) is 0 Å². The molecule has 0 saturated carbocycles. The van der Waals surface area contributed by atoms with Crippen LogP contribution in [0.25, 0.3) is 0 Å². The van der Waals surface area contributed by atoms with E-state index in [1.165, 1.54) is 6.07 Å². The van der Waals surface area contributed by atoms with Crippen molar-refractivity contribution in [1.29, 1.82) is 0 Å². The van der Waals surface area contributed by atoms with Gasteiger partial charge in [-0.05, 0) is 62.7 Å². The molecular weight excluding hydrogens is 239 g/mol. The van der Waals surface area contributed by atoms with E-state index >= 15 is 0 Å². The van der Waals surface area contributed by atoms with Crippen molar-refractivity contribution in [1.82, 2.24) is 10.3 Å². The van der Waals surface area contributed by atoms with Gasteiger partial charge in [0.05, 0.1) is 6.04 Å². The SMILES string of the molecule is CNC(c1cc(C)nc(C)c1)c1ccc(F)c(C)c1. The monoisotopic (exact) mass is 258 g/mol. The summed E-state index contributed by atoms with van der Waals surface area (Å²) in [5, 5.41) is 3.29. The third-order valence-corrected chi connectivity index (χ3v) is 3.24. The molecule has 1 heterocycles. The van der Waals surface area contributed by atoms with Crippen LogP contribution >= 0.6 is 0 Å². The van der Waals surface area contributed by atoms with Gasteiger partial charge in [-0.3, -0.25) is 4.98 Å². The highest BCUT2D eigenvalue weighted by Crippen LogP contribution is 2.24. The standard InChI is InChI=1S/C16H19FN2/c1-10-7-13(5-6-15(10)17)16(18-4)14-8-11(2)19-12(3)9-14/h5-9,16,18H,1-4H3. The Morgan fingerprint density at radius 2 is 1.63 bits per heavy atom. The van der Waals surface area contributed by atoms with E-state index in [1.54, 1.807) is 6.92 Å². The van der Waals surface area contributed by atoms with Crippen LogP contribution < -0.4 is 5.32 Å². The van der Waals surface area contributed by atoms with Gasteiger partial charge in [0, 0.05) is 11.4 Å². The lowest BCUT2D eigenvalue weighted by molar-refractivity contribution is 0.614. The Balaban J connectivity index is 2.46. The van der Waals surface area contributed by atoms with Crippen LogP contribution in [-0.4, -0.2) is 12.0 Å². The van der Waals surface area contributed by atoms with Crippen LogP contribution in [-0.2, 0) is 0 Å². The molecule has 0 spiro atoms. The zero-order chi connectivity index (χ0) is 14.0. The van der Waals surface area contributed by atoms with Gasteiger partial charge in [-0.1, -0.05) is 12.1 Å². The van der Waals surface area contributed by atoms with Crippen LogP contribution in [0.4, 0.5) is 4.39 Å². The normalized spacial score (nSPS) is 12.5. The summed E-state index contributed by atoms with van der Waals surface area (Å²) in [5.74, 6) is -0.166. The van der Waals surface area contributed by atoms with Gasteiger partial charge in [-0.2, -0.15) is 0 Å². The lowest BCUT2D eigenvalue weighted by Gasteiger charge is -2.19. The lowest BCUT2D eigenvalue weighted by atomic mass is 9.97. The minimum atomic E-state index is -0.166. The Labute approximate surface area is 113 Å². The minimum Gasteiger partial charge on any atom is -0.309 e. The van der Waals surface area contributed by atoms with Gasteiger partial charge < -0.3 is 5.32 Å². The molecule has 2 rings (SSSR count). The number of hydrogen-bond donors (Lipinski definition) is 1. The summed E-state index contributed by atoms with van der Waals surface area (Å²) < 4.78 is 13.4. The fraction of sp³-hybridized carbons (Fsp3) is 0.312. The van der Waals surface area contributed by atoms with Gasteiger partial charge >= 0.3 is 0 Å². The maximum atomic E-state index is 13.4. The molecule has 2 nitrogen and oxygen atoms in total. The average Bonchev–Trinajstić information content (AvgIpc) is 2.33. The summed E-state index contributed by atoms with van der Waals surface area (Å²) in [6.07, 6.45) is 0. The maximum Gasteiger partial charge on any atom is 0.126 e. The van der Waals surface area contributed by atoms with Crippen LogP contribution in [0.3, 0.4) is 0 Å². The van der Waals surface area contributed by atoms with Crippen molar-refractivity contribution in [2.45, 2.75) is 26.8 Å². The van der Waals surface area contributed by atoms with Crippen molar-refractivity contribution < 1.29 is 4.39 Å². The first-order chi connectivity index (χ1) is 9.01. The van der Waals surface area contributed by atoms with E-state index in [-0.39, 0.29) is 11.9 Å². The second kappa shape index (κ2) is 5.49. The van der Waals surface area contributed by atoms with E-state index < -0.39 is 0 Å². The smallest absolute Gasteiger partial charge is 0.126 e. The topological polar surface area (TPSA) is 24.9 Å². The highest BCUT2D eigenvalue weighted by atomic mass is 19.1. The average molecular weight is 258 g/mol. The van der Waals surface area contributed by atoms with Crippen molar-refractivity contribution in [2.75, 3.05) is 7.05 Å². The molecule has 0 saturated heterocycles. The van der Waals surface area contributed by atoms with Gasteiger partial charge in [0.2, 0.25) is 0 Å². The van der Waals surface area contributed by atoms with Crippen molar-refractivity contribution in [3.05, 3.63) is 64.2 Å². The Kier molecular flexibility index (Phi) is 3.96. The Bertz CT molecular complexity index is 573. The molecule has 0 aliphatic rings. The van der Waals surface area contributed by atoms with Crippen molar-refractivity contribution >= 4 is 0 Å². The first-order valence-electron chi connectivity index (χ1n) is 6.39. The molecule has 0 radical (unpaired) electrons. The molecule has 0 bridgehead atoms. The molecule has 0 aliphatic heterocycles. The molecule has 1 N–H and O–H groups in total. The molecule has 1 atom stereocenters. The molecule has 0 amide bonds. The number of hydrogen-bond acceptors (Lipinski definition) is 2. The van der Waals surface area contributed by atoms with Gasteiger partial charge in [-0.25, -0.2) is 4.39 Å². The highest BCUT2D eigenvalue weighted by Gasteiger charge is 2.14. The summed E-state index contributed by atoms with van der Waals surface area (Å²) in [4.78, 5) is 4.39. The quantitative estimate of drug-likeness (QED) is 0.912. The number of nitrogens with one attached hydrogen (secondary N) is 1. The maximum absolute atomic E-state index is 13.4. The molecule has 1 unspecified atom stereocenters. The fourth-order valence-corrected chi connectivity index (χ4v) is 2.41. The third-order valence-electron chi connectivity index (χ3n) is 3.24. The molecular formula is C16H19FN2. The predicted octanol–water partition coefficient (Wildman–Crippen LogP) is 3.45. The summed E-state index contributed by atoms with van der Waals surface area (Å²) in [6, 6.07) is 9.42. The number of aromatic nitrogens is 1. The van der Waals surface area contributed by atoms with Gasteiger partial charge in [0.1, 0.15) is 5.82 Å². The van der Waals surface area contributed by atoms with E-state index in [2.05, 4.69) is 22.4 Å². The van der Waals surface area contributed by atoms with Crippen LogP contribution in [0.1, 0.15) is 34.1 Å². The number of benzene rings is 1. The number of pyridine rings is 1. The molecule has 100 valence electrons. The molecule has 3 heteroatoms. The lowest BCUT2D eigenvalue weighted by Crippen LogP contribution is -2.18. The zero-order valence-electron chi connectivity index (χ0n) is 11.8. The van der Waals surface area contributed by atoms with E-state index in [1.807, 2.05) is 33.0 Å².